The Bertz CT molecular complexity index is 1130. The van der Waals surface area contributed by atoms with Gasteiger partial charge >= 0.3 is 18.3 Å². The monoisotopic (exact) mass is 487 g/mol. The summed E-state index contributed by atoms with van der Waals surface area (Å²) in [5, 5.41) is 9.51. The zero-order valence-corrected chi connectivity index (χ0v) is 18.2. The molecule has 0 atom stereocenters. The van der Waals surface area contributed by atoms with Gasteiger partial charge in [0, 0.05) is 17.1 Å². The Labute approximate surface area is 191 Å². The van der Waals surface area contributed by atoms with Crippen molar-refractivity contribution in [3.05, 3.63) is 58.8 Å². The molecule has 184 valence electrons. The summed E-state index contributed by atoms with van der Waals surface area (Å²) in [5.41, 5.74) is -2.43. The van der Waals surface area contributed by atoms with Crippen LogP contribution in [0.2, 0.25) is 0 Å². The lowest BCUT2D eigenvalue weighted by Crippen LogP contribution is -2.16. The number of aromatic nitrogens is 1. The molecule has 0 spiro atoms. The van der Waals surface area contributed by atoms with Gasteiger partial charge in [0.1, 0.15) is 5.75 Å². The fraction of sp³-hybridized carbons (Fsp3) is 0.375. The molecule has 0 bridgehead atoms. The van der Waals surface area contributed by atoms with Gasteiger partial charge in [-0.1, -0.05) is 26.2 Å². The van der Waals surface area contributed by atoms with Crippen LogP contribution in [0.4, 0.5) is 26.3 Å². The number of nitrogens with one attached hydrogen (secondary N) is 1. The average molecular weight is 487 g/mol. The summed E-state index contributed by atoms with van der Waals surface area (Å²) in [6, 6.07) is 4.98. The number of alkyl halides is 6. The van der Waals surface area contributed by atoms with Crippen LogP contribution in [-0.4, -0.2) is 16.1 Å². The summed E-state index contributed by atoms with van der Waals surface area (Å²) in [6.07, 6.45) is -4.91. The molecule has 1 heterocycles. The number of aliphatic carboxylic acids is 1. The number of carbonyl (C=O) groups is 1. The first-order chi connectivity index (χ1) is 15.9. The van der Waals surface area contributed by atoms with E-state index in [2.05, 4.69) is 11.9 Å². The van der Waals surface area contributed by atoms with E-state index in [1.54, 1.807) is 6.20 Å². The molecule has 2 N–H and O–H groups in total. The van der Waals surface area contributed by atoms with E-state index in [-0.39, 0.29) is 5.75 Å². The lowest BCUT2D eigenvalue weighted by Gasteiger charge is -2.20. The van der Waals surface area contributed by atoms with E-state index in [0.29, 0.717) is 29.5 Å². The van der Waals surface area contributed by atoms with Crippen LogP contribution in [0.1, 0.15) is 54.9 Å². The Morgan fingerprint density at radius 3 is 2.18 bits per heavy atom. The zero-order valence-electron chi connectivity index (χ0n) is 18.2. The molecule has 0 unspecified atom stereocenters. The maximum Gasteiger partial charge on any atom is 0.420 e. The number of fused-ring (bicyclic) bond motifs is 1. The first kappa shape index (κ1) is 25.5. The van der Waals surface area contributed by atoms with Crippen molar-refractivity contribution in [2.75, 3.05) is 0 Å². The van der Waals surface area contributed by atoms with Gasteiger partial charge in [-0.3, -0.25) is 4.79 Å². The molecule has 3 aromatic rings. The van der Waals surface area contributed by atoms with Crippen molar-refractivity contribution in [2.45, 2.75) is 57.8 Å². The molecular formula is C24H23F6NO3. The lowest BCUT2D eigenvalue weighted by atomic mass is 10.0. The molecule has 0 fully saturated rings. The average Bonchev–Trinajstić information content (AvgIpc) is 3.12. The van der Waals surface area contributed by atoms with Gasteiger partial charge in [-0.2, -0.15) is 26.3 Å². The number of ether oxygens (including phenoxy) is 1. The zero-order chi connectivity index (χ0) is 25.1. The SMILES string of the molecule is CCCCCCc1c[nH]c2ccc(Oc3c(C(F)(F)F)cc(CC(=O)O)cc3C(F)(F)F)cc12. The summed E-state index contributed by atoms with van der Waals surface area (Å²) in [4.78, 5) is 14.0. The van der Waals surface area contributed by atoms with E-state index < -0.39 is 47.2 Å². The van der Waals surface area contributed by atoms with E-state index in [4.69, 9.17) is 9.84 Å². The van der Waals surface area contributed by atoms with Crippen molar-refractivity contribution in [2.24, 2.45) is 0 Å². The third-order valence-corrected chi connectivity index (χ3v) is 5.37. The number of halogens is 6. The molecule has 2 aromatic carbocycles. The minimum atomic E-state index is -5.20. The predicted octanol–water partition coefficient (Wildman–Crippen LogP) is 7.75. The molecule has 3 rings (SSSR count). The van der Waals surface area contributed by atoms with Crippen LogP contribution in [0, 0.1) is 0 Å². The second-order valence-electron chi connectivity index (χ2n) is 8.02. The summed E-state index contributed by atoms with van der Waals surface area (Å²) in [7, 11) is 0. The van der Waals surface area contributed by atoms with Crippen LogP contribution in [0.3, 0.4) is 0 Å². The van der Waals surface area contributed by atoms with Crippen LogP contribution in [0.15, 0.2) is 36.5 Å². The number of benzene rings is 2. The number of aromatic amines is 1. The minimum Gasteiger partial charge on any atom is -0.481 e. The van der Waals surface area contributed by atoms with Crippen LogP contribution in [0.25, 0.3) is 10.9 Å². The second-order valence-corrected chi connectivity index (χ2v) is 8.02. The van der Waals surface area contributed by atoms with Gasteiger partial charge in [0.05, 0.1) is 17.5 Å². The highest BCUT2D eigenvalue weighted by molar-refractivity contribution is 5.84. The first-order valence-corrected chi connectivity index (χ1v) is 10.7. The molecular weight excluding hydrogens is 464 g/mol. The number of aryl methyl sites for hydroxylation is 1. The largest absolute Gasteiger partial charge is 0.481 e. The van der Waals surface area contributed by atoms with Gasteiger partial charge in [-0.25, -0.2) is 0 Å². The summed E-state index contributed by atoms with van der Waals surface area (Å²) < 4.78 is 87.5. The standard InChI is InChI=1S/C24H23F6NO3/c1-2-3-4-5-6-15-13-31-20-8-7-16(12-17(15)20)34-22-18(23(25,26)27)9-14(11-21(32)33)10-19(22)24(28,29)30/h7-10,12-13,31H,2-6,11H2,1H3,(H,32,33). The van der Waals surface area contributed by atoms with Gasteiger partial charge in [0.25, 0.3) is 0 Å². The van der Waals surface area contributed by atoms with Crippen molar-refractivity contribution in [1.82, 2.24) is 4.98 Å². The van der Waals surface area contributed by atoms with Gasteiger partial charge < -0.3 is 14.8 Å². The maximum atomic E-state index is 13.7. The number of hydrogen-bond acceptors (Lipinski definition) is 2. The number of H-pyrrole nitrogens is 1. The fourth-order valence-corrected chi connectivity index (χ4v) is 3.78. The second kappa shape index (κ2) is 9.99. The van der Waals surface area contributed by atoms with Crippen LogP contribution in [-0.2, 0) is 30.0 Å². The Balaban J connectivity index is 2.06. The first-order valence-electron chi connectivity index (χ1n) is 10.7. The highest BCUT2D eigenvalue weighted by Crippen LogP contribution is 2.47. The van der Waals surface area contributed by atoms with Crippen molar-refractivity contribution in [3.8, 4) is 11.5 Å². The lowest BCUT2D eigenvalue weighted by molar-refractivity contribution is -0.145. The number of carboxylic acid groups (broad SMARTS) is 1. The fourth-order valence-electron chi connectivity index (χ4n) is 3.78. The van der Waals surface area contributed by atoms with E-state index in [1.165, 1.54) is 18.2 Å². The van der Waals surface area contributed by atoms with Crippen LogP contribution < -0.4 is 4.74 Å². The van der Waals surface area contributed by atoms with E-state index in [9.17, 15) is 31.1 Å². The summed E-state index contributed by atoms with van der Waals surface area (Å²) in [5.74, 6) is -3.16. The molecule has 1 aromatic heterocycles. The van der Waals surface area contributed by atoms with E-state index in [1.807, 2.05) is 0 Å². The third-order valence-electron chi connectivity index (χ3n) is 5.37. The molecule has 0 aliphatic rings. The summed E-state index contributed by atoms with van der Waals surface area (Å²) >= 11 is 0. The number of unbranched alkanes of at least 4 members (excludes halogenated alkanes) is 3. The summed E-state index contributed by atoms with van der Waals surface area (Å²) in [6.45, 7) is 2.08. The van der Waals surface area contributed by atoms with Crippen molar-refractivity contribution in [3.63, 3.8) is 0 Å². The smallest absolute Gasteiger partial charge is 0.420 e. The van der Waals surface area contributed by atoms with Gasteiger partial charge in [0.2, 0.25) is 0 Å². The number of rotatable bonds is 9. The highest BCUT2D eigenvalue weighted by Gasteiger charge is 2.43. The Morgan fingerprint density at radius 1 is 0.971 bits per heavy atom. The van der Waals surface area contributed by atoms with E-state index >= 15 is 0 Å². The number of carboxylic acids is 1. The Hall–Kier alpha value is -3.17. The van der Waals surface area contributed by atoms with Crippen molar-refractivity contribution >= 4 is 16.9 Å². The molecule has 10 heteroatoms. The molecule has 0 aliphatic carbocycles. The molecule has 0 radical (unpaired) electrons. The predicted molar refractivity (Wildman–Crippen MR) is 114 cm³/mol. The normalized spacial score (nSPS) is 12.3. The molecule has 0 aliphatic heterocycles. The molecule has 4 nitrogen and oxygen atoms in total. The highest BCUT2D eigenvalue weighted by atomic mass is 19.4. The van der Waals surface area contributed by atoms with Gasteiger partial charge in [-0.15, -0.1) is 0 Å². The number of hydrogen-bond donors (Lipinski definition) is 2. The van der Waals surface area contributed by atoms with Crippen molar-refractivity contribution in [1.29, 1.82) is 0 Å². The van der Waals surface area contributed by atoms with Gasteiger partial charge in [0.15, 0.2) is 5.75 Å². The van der Waals surface area contributed by atoms with Crippen LogP contribution >= 0.6 is 0 Å². The Kier molecular flexibility index (Phi) is 7.48. The van der Waals surface area contributed by atoms with Crippen LogP contribution in [0.5, 0.6) is 11.5 Å². The molecule has 0 amide bonds. The maximum absolute atomic E-state index is 13.7. The topological polar surface area (TPSA) is 62.3 Å². The minimum absolute atomic E-state index is 0.191. The van der Waals surface area contributed by atoms with Gasteiger partial charge in [-0.05, 0) is 54.3 Å². The van der Waals surface area contributed by atoms with Crippen molar-refractivity contribution < 1.29 is 41.0 Å². The molecule has 0 saturated heterocycles. The third kappa shape index (κ3) is 6.03. The molecule has 34 heavy (non-hydrogen) atoms. The molecule has 0 saturated carbocycles. The quantitative estimate of drug-likeness (QED) is 0.240. The van der Waals surface area contributed by atoms with E-state index in [0.717, 1.165) is 31.2 Å². The Morgan fingerprint density at radius 2 is 1.62 bits per heavy atom.